The molecule has 0 amide bonds. The van der Waals surface area contributed by atoms with Gasteiger partial charge in [-0.3, -0.25) is 4.79 Å². The van der Waals surface area contributed by atoms with Crippen molar-refractivity contribution in [2.45, 2.75) is 57.7 Å². The highest BCUT2D eigenvalue weighted by Gasteiger charge is 2.52. The SMILES string of the molecule is CSC(=O)C#CC(C)(C)N1[Si](C)(C)CC[Si]1(C)C. The van der Waals surface area contributed by atoms with Crippen LogP contribution in [0, 0.1) is 11.8 Å². The molecule has 0 aromatic carbocycles. The van der Waals surface area contributed by atoms with Gasteiger partial charge in [-0.25, -0.2) is 0 Å². The zero-order valence-corrected chi connectivity index (χ0v) is 15.5. The van der Waals surface area contributed by atoms with Crippen LogP contribution in [0.5, 0.6) is 0 Å². The summed E-state index contributed by atoms with van der Waals surface area (Å²) >= 11 is 1.20. The molecule has 0 N–H and O–H groups in total. The molecule has 0 saturated carbocycles. The summed E-state index contributed by atoms with van der Waals surface area (Å²) in [6, 6.07) is 2.74. The van der Waals surface area contributed by atoms with Crippen molar-refractivity contribution in [3.63, 3.8) is 0 Å². The topological polar surface area (TPSA) is 20.3 Å². The first-order valence-electron chi connectivity index (χ1n) is 6.44. The van der Waals surface area contributed by atoms with Gasteiger partial charge >= 0.3 is 0 Å². The minimum atomic E-state index is -1.35. The Labute approximate surface area is 118 Å². The lowest BCUT2D eigenvalue weighted by atomic mass is 10.1. The van der Waals surface area contributed by atoms with Crippen molar-refractivity contribution in [3.8, 4) is 11.8 Å². The molecule has 0 spiro atoms. The number of hydrogen-bond acceptors (Lipinski definition) is 3. The van der Waals surface area contributed by atoms with Crippen molar-refractivity contribution in [1.82, 2.24) is 4.23 Å². The number of thioether (sulfide) groups is 1. The summed E-state index contributed by atoms with van der Waals surface area (Å²) in [5.41, 5.74) is -0.159. The maximum Gasteiger partial charge on any atom is 0.262 e. The van der Waals surface area contributed by atoms with Gasteiger partial charge in [0.25, 0.3) is 5.12 Å². The van der Waals surface area contributed by atoms with Gasteiger partial charge in [-0.05, 0) is 38.1 Å². The summed E-state index contributed by atoms with van der Waals surface area (Å²) in [6.07, 6.45) is 1.79. The Hall–Kier alpha value is -0.0262. The number of rotatable bonds is 1. The molecule has 18 heavy (non-hydrogen) atoms. The lowest BCUT2D eigenvalue weighted by Crippen LogP contribution is -2.63. The fraction of sp³-hybridized carbons (Fsp3) is 0.769. The average molecular weight is 300 g/mol. The first kappa shape index (κ1) is 16.0. The van der Waals surface area contributed by atoms with Crippen LogP contribution in [0.3, 0.4) is 0 Å². The first-order chi connectivity index (χ1) is 8.03. The number of nitrogens with zero attached hydrogens (tertiary/aromatic N) is 1. The minimum Gasteiger partial charge on any atom is -0.331 e. The molecule has 2 nitrogen and oxygen atoms in total. The van der Waals surface area contributed by atoms with Crippen molar-refractivity contribution < 1.29 is 4.79 Å². The summed E-state index contributed by atoms with van der Waals surface area (Å²) in [6.45, 7) is 14.1. The van der Waals surface area contributed by atoms with E-state index in [1.807, 2.05) is 0 Å². The normalized spacial score (nSPS) is 22.4. The summed E-state index contributed by atoms with van der Waals surface area (Å²) in [5.74, 6) is 6.04. The molecule has 0 radical (unpaired) electrons. The second kappa shape index (κ2) is 5.16. The fourth-order valence-corrected chi connectivity index (χ4v) is 19.3. The predicted octanol–water partition coefficient (Wildman–Crippen LogP) is 3.38. The van der Waals surface area contributed by atoms with E-state index in [2.05, 4.69) is 56.1 Å². The molecule has 1 rings (SSSR count). The monoisotopic (exact) mass is 299 g/mol. The van der Waals surface area contributed by atoms with E-state index in [0.717, 1.165) is 0 Å². The van der Waals surface area contributed by atoms with Gasteiger partial charge in [0.15, 0.2) is 0 Å². The van der Waals surface area contributed by atoms with Gasteiger partial charge in [0.2, 0.25) is 0 Å². The third kappa shape index (κ3) is 3.29. The molecule has 5 heteroatoms. The van der Waals surface area contributed by atoms with Crippen LogP contribution in [0.25, 0.3) is 0 Å². The lowest BCUT2D eigenvalue weighted by Gasteiger charge is -2.47. The molecular weight excluding hydrogens is 274 g/mol. The highest BCUT2D eigenvalue weighted by Crippen LogP contribution is 2.41. The molecule has 0 aromatic heterocycles. The summed E-state index contributed by atoms with van der Waals surface area (Å²) in [7, 11) is -2.70. The minimum absolute atomic E-state index is 0.0267. The van der Waals surface area contributed by atoms with Gasteiger partial charge in [-0.1, -0.05) is 43.9 Å². The Kier molecular flexibility index (Phi) is 4.59. The van der Waals surface area contributed by atoms with E-state index in [-0.39, 0.29) is 10.7 Å². The van der Waals surface area contributed by atoms with Gasteiger partial charge in [-0.2, -0.15) is 0 Å². The van der Waals surface area contributed by atoms with E-state index in [0.29, 0.717) is 0 Å². The van der Waals surface area contributed by atoms with Gasteiger partial charge < -0.3 is 4.23 Å². The molecule has 0 aromatic rings. The van der Waals surface area contributed by atoms with Crippen molar-refractivity contribution in [1.29, 1.82) is 0 Å². The zero-order chi connectivity index (χ0) is 14.2. The molecular formula is C13H25NOSSi2. The third-order valence-electron chi connectivity index (χ3n) is 3.77. The third-order valence-corrected chi connectivity index (χ3v) is 14.9. The van der Waals surface area contributed by atoms with Gasteiger partial charge in [0.05, 0.1) is 5.54 Å². The summed E-state index contributed by atoms with van der Waals surface area (Å²) in [4.78, 5) is 11.4. The van der Waals surface area contributed by atoms with E-state index < -0.39 is 16.5 Å². The number of carbonyl (C=O) groups excluding carboxylic acids is 1. The molecule has 1 fully saturated rings. The molecule has 1 aliphatic rings. The smallest absolute Gasteiger partial charge is 0.262 e. The van der Waals surface area contributed by atoms with Crippen LogP contribution in [0.15, 0.2) is 0 Å². The zero-order valence-electron chi connectivity index (χ0n) is 12.7. The van der Waals surface area contributed by atoms with Crippen LogP contribution in [-0.2, 0) is 4.79 Å². The van der Waals surface area contributed by atoms with Crippen molar-refractivity contribution >= 4 is 33.3 Å². The Balaban J connectivity index is 3.08. The van der Waals surface area contributed by atoms with Crippen LogP contribution >= 0.6 is 11.8 Å². The van der Waals surface area contributed by atoms with Crippen LogP contribution in [-0.4, -0.2) is 37.6 Å². The molecule has 1 saturated heterocycles. The van der Waals surface area contributed by atoms with E-state index in [4.69, 9.17) is 0 Å². The molecule has 0 unspecified atom stereocenters. The largest absolute Gasteiger partial charge is 0.331 e. The standard InChI is InChI=1S/C13H25NOSSi2/c1-13(2,9-8-12(15)16-3)14-17(4,5)10-11-18(14,6)7/h10-11H2,1-7H3. The quantitative estimate of drug-likeness (QED) is 0.547. The maximum absolute atomic E-state index is 11.4. The van der Waals surface area contributed by atoms with Crippen molar-refractivity contribution in [3.05, 3.63) is 0 Å². The predicted molar refractivity (Wildman–Crippen MR) is 86.8 cm³/mol. The second-order valence-electron chi connectivity index (χ2n) is 6.76. The van der Waals surface area contributed by atoms with E-state index in [1.165, 1.54) is 23.9 Å². The number of hydrogen-bond donors (Lipinski definition) is 0. The number of carbonyl (C=O) groups is 1. The van der Waals surface area contributed by atoms with E-state index >= 15 is 0 Å². The molecule has 102 valence electrons. The first-order valence-corrected chi connectivity index (χ1v) is 14.0. The van der Waals surface area contributed by atoms with E-state index in [9.17, 15) is 4.79 Å². The van der Waals surface area contributed by atoms with Crippen LogP contribution < -0.4 is 0 Å². The fourth-order valence-electron chi connectivity index (χ4n) is 3.48. The molecule has 1 aliphatic heterocycles. The second-order valence-corrected chi connectivity index (χ2v) is 17.1. The average Bonchev–Trinajstić information content (AvgIpc) is 2.44. The van der Waals surface area contributed by atoms with Crippen LogP contribution in [0.2, 0.25) is 38.3 Å². The Bertz CT molecular complexity index is 391. The van der Waals surface area contributed by atoms with Gasteiger partial charge in [-0.15, -0.1) is 0 Å². The van der Waals surface area contributed by atoms with Crippen molar-refractivity contribution in [2.75, 3.05) is 6.26 Å². The molecule has 0 aliphatic carbocycles. The highest BCUT2D eigenvalue weighted by atomic mass is 32.2. The summed E-state index contributed by atoms with van der Waals surface area (Å²) in [5, 5.41) is -0.0267. The lowest BCUT2D eigenvalue weighted by molar-refractivity contribution is -0.106. The van der Waals surface area contributed by atoms with Gasteiger partial charge in [0.1, 0.15) is 16.5 Å². The van der Waals surface area contributed by atoms with Crippen LogP contribution in [0.4, 0.5) is 0 Å². The Morgan fingerprint density at radius 3 is 2.00 bits per heavy atom. The molecule has 1 heterocycles. The summed E-state index contributed by atoms with van der Waals surface area (Å²) < 4.78 is 2.74. The molecule has 0 atom stereocenters. The highest BCUT2D eigenvalue weighted by molar-refractivity contribution is 8.13. The Morgan fingerprint density at radius 1 is 1.17 bits per heavy atom. The van der Waals surface area contributed by atoms with Crippen molar-refractivity contribution in [2.24, 2.45) is 0 Å². The van der Waals surface area contributed by atoms with Crippen LogP contribution in [0.1, 0.15) is 13.8 Å². The van der Waals surface area contributed by atoms with E-state index in [1.54, 1.807) is 6.26 Å². The molecule has 0 bridgehead atoms. The van der Waals surface area contributed by atoms with Gasteiger partial charge in [0, 0.05) is 0 Å². The maximum atomic E-state index is 11.4. The Morgan fingerprint density at radius 2 is 1.61 bits per heavy atom.